The zero-order valence-corrected chi connectivity index (χ0v) is 12.0. The fourth-order valence-corrected chi connectivity index (χ4v) is 2.17. The van der Waals surface area contributed by atoms with E-state index in [1.54, 1.807) is 18.3 Å². The standard InChI is InChI=1S/C18H16N2O2/c21-18(14-5-2-1-3-6-14)20-11-12-22-16-8-9-17-15(13-16)7-4-10-19-17/h1-10,13H,11-12H2,(H,20,21). The Morgan fingerprint density at radius 1 is 1.05 bits per heavy atom. The average molecular weight is 292 g/mol. The monoisotopic (exact) mass is 292 g/mol. The number of pyridine rings is 1. The fraction of sp³-hybridized carbons (Fsp3) is 0.111. The quantitative estimate of drug-likeness (QED) is 0.735. The van der Waals surface area contributed by atoms with Gasteiger partial charge >= 0.3 is 0 Å². The second-order valence-electron chi connectivity index (χ2n) is 4.83. The van der Waals surface area contributed by atoms with Gasteiger partial charge < -0.3 is 10.1 Å². The van der Waals surface area contributed by atoms with Crippen LogP contribution in [0.4, 0.5) is 0 Å². The van der Waals surface area contributed by atoms with E-state index in [2.05, 4.69) is 10.3 Å². The molecule has 4 heteroatoms. The molecule has 3 rings (SSSR count). The number of hydrogen-bond donors (Lipinski definition) is 1. The van der Waals surface area contributed by atoms with Crippen molar-refractivity contribution in [3.63, 3.8) is 0 Å². The van der Waals surface area contributed by atoms with Gasteiger partial charge in [-0.25, -0.2) is 0 Å². The third-order valence-electron chi connectivity index (χ3n) is 3.27. The van der Waals surface area contributed by atoms with Crippen molar-refractivity contribution in [3.05, 3.63) is 72.4 Å². The van der Waals surface area contributed by atoms with Crippen molar-refractivity contribution in [1.82, 2.24) is 10.3 Å². The second-order valence-corrected chi connectivity index (χ2v) is 4.83. The normalized spacial score (nSPS) is 10.4. The van der Waals surface area contributed by atoms with E-state index < -0.39 is 0 Å². The summed E-state index contributed by atoms with van der Waals surface area (Å²) >= 11 is 0. The lowest BCUT2D eigenvalue weighted by Gasteiger charge is -2.08. The van der Waals surface area contributed by atoms with Crippen molar-refractivity contribution >= 4 is 16.8 Å². The number of benzene rings is 2. The second kappa shape index (κ2) is 6.72. The molecule has 1 amide bonds. The summed E-state index contributed by atoms with van der Waals surface area (Å²) in [6.45, 7) is 0.878. The van der Waals surface area contributed by atoms with Gasteiger partial charge in [-0.05, 0) is 36.4 Å². The number of rotatable bonds is 5. The number of hydrogen-bond acceptors (Lipinski definition) is 3. The predicted molar refractivity (Wildman–Crippen MR) is 86.0 cm³/mol. The van der Waals surface area contributed by atoms with Crippen molar-refractivity contribution in [2.24, 2.45) is 0 Å². The first-order chi connectivity index (χ1) is 10.8. The molecule has 0 aliphatic heterocycles. The fourth-order valence-electron chi connectivity index (χ4n) is 2.17. The number of ether oxygens (including phenoxy) is 1. The number of amides is 1. The smallest absolute Gasteiger partial charge is 0.251 e. The molecule has 2 aromatic carbocycles. The van der Waals surface area contributed by atoms with Crippen LogP contribution in [0.3, 0.4) is 0 Å². The molecule has 0 aliphatic carbocycles. The highest BCUT2D eigenvalue weighted by Gasteiger charge is 2.03. The van der Waals surface area contributed by atoms with E-state index in [9.17, 15) is 4.79 Å². The van der Waals surface area contributed by atoms with Gasteiger partial charge in [0.1, 0.15) is 12.4 Å². The van der Waals surface area contributed by atoms with E-state index in [-0.39, 0.29) is 5.91 Å². The van der Waals surface area contributed by atoms with Gasteiger partial charge in [0.15, 0.2) is 0 Å². The molecule has 0 atom stereocenters. The van der Waals surface area contributed by atoms with Crippen LogP contribution in [0, 0.1) is 0 Å². The van der Waals surface area contributed by atoms with Crippen molar-refractivity contribution < 1.29 is 9.53 Å². The summed E-state index contributed by atoms with van der Waals surface area (Å²) in [6.07, 6.45) is 1.77. The van der Waals surface area contributed by atoms with E-state index in [0.717, 1.165) is 16.7 Å². The molecular weight excluding hydrogens is 276 g/mol. The first-order valence-electron chi connectivity index (χ1n) is 7.14. The molecule has 110 valence electrons. The Labute approximate surface area is 128 Å². The Morgan fingerprint density at radius 2 is 1.91 bits per heavy atom. The van der Waals surface area contributed by atoms with E-state index >= 15 is 0 Å². The number of fused-ring (bicyclic) bond motifs is 1. The zero-order valence-electron chi connectivity index (χ0n) is 12.0. The molecule has 22 heavy (non-hydrogen) atoms. The first-order valence-corrected chi connectivity index (χ1v) is 7.14. The van der Waals surface area contributed by atoms with Gasteiger partial charge in [0.2, 0.25) is 0 Å². The molecule has 0 saturated heterocycles. The summed E-state index contributed by atoms with van der Waals surface area (Å²) in [5.74, 6) is 0.682. The molecule has 0 aliphatic rings. The summed E-state index contributed by atoms with van der Waals surface area (Å²) in [7, 11) is 0. The van der Waals surface area contributed by atoms with Gasteiger partial charge in [-0.1, -0.05) is 24.3 Å². The molecule has 0 bridgehead atoms. The lowest BCUT2D eigenvalue weighted by atomic mass is 10.2. The molecule has 0 unspecified atom stereocenters. The number of carbonyl (C=O) groups excluding carboxylic acids is 1. The average Bonchev–Trinajstić information content (AvgIpc) is 2.59. The Hall–Kier alpha value is -2.88. The van der Waals surface area contributed by atoms with E-state index in [1.807, 2.05) is 48.5 Å². The third kappa shape index (κ3) is 3.41. The highest BCUT2D eigenvalue weighted by atomic mass is 16.5. The lowest BCUT2D eigenvalue weighted by molar-refractivity contribution is 0.0947. The van der Waals surface area contributed by atoms with E-state index in [1.165, 1.54) is 0 Å². The van der Waals surface area contributed by atoms with Gasteiger partial charge in [0.25, 0.3) is 5.91 Å². The van der Waals surface area contributed by atoms with Gasteiger partial charge in [0, 0.05) is 17.1 Å². The highest BCUT2D eigenvalue weighted by molar-refractivity contribution is 5.94. The van der Waals surface area contributed by atoms with Gasteiger partial charge in [0.05, 0.1) is 12.1 Å². The Kier molecular flexibility index (Phi) is 4.30. The Morgan fingerprint density at radius 3 is 2.77 bits per heavy atom. The van der Waals surface area contributed by atoms with Gasteiger partial charge in [-0.3, -0.25) is 9.78 Å². The van der Waals surface area contributed by atoms with Gasteiger partial charge in [-0.15, -0.1) is 0 Å². The summed E-state index contributed by atoms with van der Waals surface area (Å²) in [4.78, 5) is 16.1. The maximum Gasteiger partial charge on any atom is 0.251 e. The first kappa shape index (κ1) is 14.1. The maximum absolute atomic E-state index is 11.9. The molecule has 0 fully saturated rings. The maximum atomic E-state index is 11.9. The molecular formula is C18H16N2O2. The zero-order chi connectivity index (χ0) is 15.2. The van der Waals surface area contributed by atoms with Crippen LogP contribution in [-0.4, -0.2) is 24.0 Å². The van der Waals surface area contributed by atoms with Crippen LogP contribution in [-0.2, 0) is 0 Å². The molecule has 0 radical (unpaired) electrons. The van der Waals surface area contributed by atoms with Crippen LogP contribution in [0.25, 0.3) is 10.9 Å². The third-order valence-corrected chi connectivity index (χ3v) is 3.27. The summed E-state index contributed by atoms with van der Waals surface area (Å²) in [6, 6.07) is 18.8. The van der Waals surface area contributed by atoms with Crippen LogP contribution >= 0.6 is 0 Å². The number of nitrogens with one attached hydrogen (secondary N) is 1. The minimum atomic E-state index is -0.0908. The molecule has 1 N–H and O–H groups in total. The van der Waals surface area contributed by atoms with Gasteiger partial charge in [-0.2, -0.15) is 0 Å². The molecule has 0 saturated carbocycles. The molecule has 3 aromatic rings. The molecule has 1 heterocycles. The summed E-state index contributed by atoms with van der Waals surface area (Å²) < 4.78 is 5.66. The van der Waals surface area contributed by atoms with Crippen LogP contribution in [0.5, 0.6) is 5.75 Å². The topological polar surface area (TPSA) is 51.2 Å². The largest absolute Gasteiger partial charge is 0.492 e. The van der Waals surface area contributed by atoms with E-state index in [0.29, 0.717) is 18.7 Å². The summed E-state index contributed by atoms with van der Waals surface area (Å²) in [5.41, 5.74) is 1.59. The SMILES string of the molecule is O=C(NCCOc1ccc2ncccc2c1)c1ccccc1. The number of nitrogens with zero attached hydrogens (tertiary/aromatic N) is 1. The van der Waals surface area contributed by atoms with Crippen LogP contribution in [0.2, 0.25) is 0 Å². The van der Waals surface area contributed by atoms with Crippen molar-refractivity contribution in [3.8, 4) is 5.75 Å². The van der Waals surface area contributed by atoms with Crippen molar-refractivity contribution in [2.45, 2.75) is 0 Å². The van der Waals surface area contributed by atoms with Crippen LogP contribution in [0.1, 0.15) is 10.4 Å². The molecule has 0 spiro atoms. The van der Waals surface area contributed by atoms with Crippen molar-refractivity contribution in [2.75, 3.05) is 13.2 Å². The summed E-state index contributed by atoms with van der Waals surface area (Å²) in [5, 5.41) is 3.87. The van der Waals surface area contributed by atoms with E-state index in [4.69, 9.17) is 4.74 Å². The Bertz CT molecular complexity index is 772. The molecule has 4 nitrogen and oxygen atoms in total. The number of carbonyl (C=O) groups is 1. The van der Waals surface area contributed by atoms with Crippen LogP contribution in [0.15, 0.2) is 66.9 Å². The predicted octanol–water partition coefficient (Wildman–Crippen LogP) is 3.04. The highest BCUT2D eigenvalue weighted by Crippen LogP contribution is 2.18. The van der Waals surface area contributed by atoms with Crippen LogP contribution < -0.4 is 10.1 Å². The Balaban J connectivity index is 1.51. The minimum absolute atomic E-state index is 0.0908. The number of aromatic nitrogens is 1. The lowest BCUT2D eigenvalue weighted by Crippen LogP contribution is -2.27. The minimum Gasteiger partial charge on any atom is -0.492 e. The van der Waals surface area contributed by atoms with Crippen molar-refractivity contribution in [1.29, 1.82) is 0 Å². The molecule has 1 aromatic heterocycles.